The molecule has 3 rings (SSSR count). The van der Waals surface area contributed by atoms with Crippen LogP contribution in [-0.2, 0) is 16.2 Å². The van der Waals surface area contributed by atoms with Crippen LogP contribution in [0.15, 0.2) is 30.3 Å². The topological polar surface area (TPSA) is 53.3 Å². The van der Waals surface area contributed by atoms with Crippen LogP contribution in [-0.4, -0.2) is 29.2 Å². The summed E-state index contributed by atoms with van der Waals surface area (Å²) < 4.78 is 12.4. The number of para-hydroxylation sites is 1. The van der Waals surface area contributed by atoms with Crippen molar-refractivity contribution in [3.63, 3.8) is 0 Å². The van der Waals surface area contributed by atoms with Crippen LogP contribution >= 0.6 is 0 Å². The number of aryl methyl sites for hydroxylation is 1. The van der Waals surface area contributed by atoms with Crippen molar-refractivity contribution in [2.75, 3.05) is 13.7 Å². The third-order valence-electron chi connectivity index (χ3n) is 3.68. The van der Waals surface area contributed by atoms with Gasteiger partial charge in [0.05, 0.1) is 17.6 Å². The second-order valence-electron chi connectivity index (χ2n) is 5.07. The summed E-state index contributed by atoms with van der Waals surface area (Å²) in [5.41, 5.74) is 3.13. The second-order valence-corrected chi connectivity index (χ2v) is 5.07. The average molecular weight is 298 g/mol. The number of nitrogens with zero attached hydrogens (tertiary/aromatic N) is 2. The Labute approximate surface area is 128 Å². The van der Waals surface area contributed by atoms with Gasteiger partial charge in [-0.05, 0) is 26.0 Å². The largest absolute Gasteiger partial charge is 0.461 e. The van der Waals surface area contributed by atoms with E-state index in [0.29, 0.717) is 19.0 Å². The predicted molar refractivity (Wildman–Crippen MR) is 84.9 cm³/mol. The van der Waals surface area contributed by atoms with E-state index in [2.05, 4.69) is 11.1 Å². The van der Waals surface area contributed by atoms with Crippen molar-refractivity contribution < 1.29 is 14.3 Å². The molecule has 2 heterocycles. The Kier molecular flexibility index (Phi) is 3.81. The molecule has 0 fully saturated rings. The SMILES string of the molecule is CCOC(=O)c1cc2c(c(C)n1)c1ccccc1n2COC. The zero-order valence-corrected chi connectivity index (χ0v) is 12.9. The van der Waals surface area contributed by atoms with Crippen LogP contribution in [0.5, 0.6) is 0 Å². The minimum atomic E-state index is -0.401. The molecule has 5 nitrogen and oxygen atoms in total. The Morgan fingerprint density at radius 1 is 1.27 bits per heavy atom. The Hall–Kier alpha value is -2.40. The van der Waals surface area contributed by atoms with Gasteiger partial charge in [0.2, 0.25) is 0 Å². The van der Waals surface area contributed by atoms with E-state index in [1.807, 2.05) is 29.7 Å². The van der Waals surface area contributed by atoms with E-state index in [1.54, 1.807) is 20.1 Å². The molecule has 2 aromatic heterocycles. The van der Waals surface area contributed by atoms with Gasteiger partial charge < -0.3 is 14.0 Å². The van der Waals surface area contributed by atoms with Crippen LogP contribution in [0.25, 0.3) is 21.8 Å². The summed E-state index contributed by atoms with van der Waals surface area (Å²) >= 11 is 0. The normalized spacial score (nSPS) is 11.2. The van der Waals surface area contributed by atoms with Gasteiger partial charge in [-0.1, -0.05) is 18.2 Å². The van der Waals surface area contributed by atoms with Crippen LogP contribution < -0.4 is 0 Å². The molecule has 0 aliphatic heterocycles. The summed E-state index contributed by atoms with van der Waals surface area (Å²) in [4.78, 5) is 16.4. The van der Waals surface area contributed by atoms with Crippen LogP contribution in [0, 0.1) is 6.92 Å². The highest BCUT2D eigenvalue weighted by Crippen LogP contribution is 2.31. The lowest BCUT2D eigenvalue weighted by Gasteiger charge is -2.07. The van der Waals surface area contributed by atoms with E-state index in [9.17, 15) is 4.79 Å². The molecule has 0 aliphatic rings. The van der Waals surface area contributed by atoms with Gasteiger partial charge in [0.1, 0.15) is 6.73 Å². The average Bonchev–Trinajstić information content (AvgIpc) is 2.83. The van der Waals surface area contributed by atoms with E-state index in [4.69, 9.17) is 9.47 Å². The molecule has 5 heteroatoms. The molecule has 0 bridgehead atoms. The Morgan fingerprint density at radius 2 is 2.05 bits per heavy atom. The van der Waals surface area contributed by atoms with E-state index in [0.717, 1.165) is 27.5 Å². The minimum absolute atomic E-state index is 0.326. The van der Waals surface area contributed by atoms with Crippen LogP contribution in [0.1, 0.15) is 23.1 Å². The summed E-state index contributed by atoms with van der Waals surface area (Å²) in [6.45, 7) is 4.44. The number of pyridine rings is 1. The molecule has 0 unspecified atom stereocenters. The van der Waals surface area contributed by atoms with Gasteiger partial charge in [-0.2, -0.15) is 0 Å². The second kappa shape index (κ2) is 5.77. The number of carbonyl (C=O) groups is 1. The van der Waals surface area contributed by atoms with Crippen molar-refractivity contribution in [3.8, 4) is 0 Å². The number of ether oxygens (including phenoxy) is 2. The van der Waals surface area contributed by atoms with Gasteiger partial charge in [0, 0.05) is 23.6 Å². The predicted octanol–water partition coefficient (Wildman–Crippen LogP) is 3.28. The quantitative estimate of drug-likeness (QED) is 0.694. The van der Waals surface area contributed by atoms with Crippen molar-refractivity contribution in [1.82, 2.24) is 9.55 Å². The maximum absolute atomic E-state index is 12.0. The fourth-order valence-electron chi connectivity index (χ4n) is 2.83. The maximum atomic E-state index is 12.0. The smallest absolute Gasteiger partial charge is 0.356 e. The van der Waals surface area contributed by atoms with Crippen LogP contribution in [0.4, 0.5) is 0 Å². The van der Waals surface area contributed by atoms with Crippen molar-refractivity contribution >= 4 is 27.8 Å². The molecule has 0 saturated carbocycles. The number of fused-ring (bicyclic) bond motifs is 3. The summed E-state index contributed by atoms with van der Waals surface area (Å²) in [7, 11) is 1.65. The minimum Gasteiger partial charge on any atom is -0.461 e. The van der Waals surface area contributed by atoms with Gasteiger partial charge >= 0.3 is 5.97 Å². The fourth-order valence-corrected chi connectivity index (χ4v) is 2.83. The molecule has 0 saturated heterocycles. The summed E-state index contributed by atoms with van der Waals surface area (Å²) in [6, 6.07) is 9.86. The molecule has 114 valence electrons. The molecule has 0 amide bonds. The van der Waals surface area contributed by atoms with E-state index < -0.39 is 5.97 Å². The van der Waals surface area contributed by atoms with Gasteiger partial charge in [-0.3, -0.25) is 0 Å². The maximum Gasteiger partial charge on any atom is 0.356 e. The van der Waals surface area contributed by atoms with Crippen molar-refractivity contribution in [3.05, 3.63) is 41.7 Å². The Morgan fingerprint density at radius 3 is 2.77 bits per heavy atom. The molecule has 1 aromatic carbocycles. The molecule has 0 N–H and O–H groups in total. The Bertz CT molecular complexity index is 852. The standard InChI is InChI=1S/C17H18N2O3/c1-4-22-17(20)13-9-15-16(11(2)18-13)12-7-5-6-8-14(12)19(15)10-21-3/h5-9H,4,10H2,1-3H3. The summed E-state index contributed by atoms with van der Waals surface area (Å²) in [6.07, 6.45) is 0. The third kappa shape index (κ3) is 2.23. The highest BCUT2D eigenvalue weighted by molar-refractivity contribution is 6.10. The third-order valence-corrected chi connectivity index (χ3v) is 3.68. The zero-order chi connectivity index (χ0) is 15.7. The van der Waals surface area contributed by atoms with Gasteiger partial charge in [-0.25, -0.2) is 9.78 Å². The molecule has 3 aromatic rings. The number of hydrogen-bond acceptors (Lipinski definition) is 4. The first-order valence-corrected chi connectivity index (χ1v) is 7.22. The number of benzene rings is 1. The first kappa shape index (κ1) is 14.5. The molecule has 0 spiro atoms. The monoisotopic (exact) mass is 298 g/mol. The molecule has 22 heavy (non-hydrogen) atoms. The molecule has 0 aliphatic carbocycles. The number of methoxy groups -OCH3 is 1. The van der Waals surface area contributed by atoms with Crippen molar-refractivity contribution in [1.29, 1.82) is 0 Å². The van der Waals surface area contributed by atoms with E-state index in [1.165, 1.54) is 0 Å². The lowest BCUT2D eigenvalue weighted by Crippen LogP contribution is -2.08. The highest BCUT2D eigenvalue weighted by atomic mass is 16.5. The first-order chi connectivity index (χ1) is 10.7. The van der Waals surface area contributed by atoms with Crippen LogP contribution in [0.3, 0.4) is 0 Å². The number of esters is 1. The van der Waals surface area contributed by atoms with E-state index >= 15 is 0 Å². The number of aromatic nitrogens is 2. The van der Waals surface area contributed by atoms with Crippen molar-refractivity contribution in [2.45, 2.75) is 20.6 Å². The summed E-state index contributed by atoms with van der Waals surface area (Å²) in [5, 5.41) is 2.15. The van der Waals surface area contributed by atoms with E-state index in [-0.39, 0.29) is 0 Å². The van der Waals surface area contributed by atoms with Gasteiger partial charge in [-0.15, -0.1) is 0 Å². The van der Waals surface area contributed by atoms with Gasteiger partial charge in [0.15, 0.2) is 5.69 Å². The zero-order valence-electron chi connectivity index (χ0n) is 12.9. The van der Waals surface area contributed by atoms with Gasteiger partial charge in [0.25, 0.3) is 0 Å². The molecular weight excluding hydrogens is 280 g/mol. The fraction of sp³-hybridized carbons (Fsp3) is 0.294. The lowest BCUT2D eigenvalue weighted by atomic mass is 10.1. The Balaban J connectivity index is 2.34. The lowest BCUT2D eigenvalue weighted by molar-refractivity contribution is 0.0519. The summed E-state index contributed by atoms with van der Waals surface area (Å²) in [5.74, 6) is -0.401. The highest BCUT2D eigenvalue weighted by Gasteiger charge is 2.17. The number of hydrogen-bond donors (Lipinski definition) is 0. The van der Waals surface area contributed by atoms with Crippen molar-refractivity contribution in [2.24, 2.45) is 0 Å². The number of rotatable bonds is 4. The molecule has 0 atom stereocenters. The number of carbonyl (C=O) groups excluding carboxylic acids is 1. The molecular formula is C17H18N2O3. The molecule has 0 radical (unpaired) electrons. The van der Waals surface area contributed by atoms with Crippen LogP contribution in [0.2, 0.25) is 0 Å². The first-order valence-electron chi connectivity index (χ1n) is 7.22.